The molecule has 160 valence electrons. The first-order valence-electron chi connectivity index (χ1n) is 8.83. The predicted octanol–water partition coefficient (Wildman–Crippen LogP) is 3.53. The van der Waals surface area contributed by atoms with E-state index in [1.54, 1.807) is 20.8 Å². The number of ether oxygens (including phenoxy) is 1. The van der Waals surface area contributed by atoms with Gasteiger partial charge < -0.3 is 4.74 Å². The van der Waals surface area contributed by atoms with Crippen LogP contribution in [0.5, 0.6) is 0 Å². The van der Waals surface area contributed by atoms with Gasteiger partial charge in [0.25, 0.3) is 5.91 Å². The van der Waals surface area contributed by atoms with Gasteiger partial charge in [-0.25, -0.2) is 32.5 Å². The largest absolute Gasteiger partial charge is 0.443 e. The summed E-state index contributed by atoms with van der Waals surface area (Å²) in [5.41, 5.74) is -2.39. The third-order valence-corrected chi connectivity index (χ3v) is 5.41. The first-order valence-corrected chi connectivity index (χ1v) is 10.4. The van der Waals surface area contributed by atoms with Gasteiger partial charge in [0.1, 0.15) is 11.3 Å². The second-order valence-corrected chi connectivity index (χ2v) is 9.52. The van der Waals surface area contributed by atoms with Crippen molar-refractivity contribution in [2.24, 2.45) is 0 Å². The Morgan fingerprint density at radius 1 is 1.27 bits per heavy atom. The molecule has 30 heavy (non-hydrogen) atoms. The van der Waals surface area contributed by atoms with E-state index in [4.69, 9.17) is 16.3 Å². The third kappa shape index (κ3) is 3.77. The maximum Gasteiger partial charge on any atom is 0.418 e. The van der Waals surface area contributed by atoms with Crippen LogP contribution in [0.4, 0.5) is 9.18 Å². The van der Waals surface area contributed by atoms with Crippen LogP contribution in [0, 0.1) is 5.82 Å². The molecule has 2 heterocycles. The van der Waals surface area contributed by atoms with E-state index in [1.165, 1.54) is 26.0 Å². The zero-order chi connectivity index (χ0) is 22.6. The van der Waals surface area contributed by atoms with E-state index in [9.17, 15) is 22.4 Å². The zero-order valence-corrected chi connectivity index (χ0v) is 18.5. The van der Waals surface area contributed by atoms with Crippen molar-refractivity contribution in [3.63, 3.8) is 0 Å². The normalized spacial score (nSPS) is 15.5. The number of thiol groups is 1. The van der Waals surface area contributed by atoms with Gasteiger partial charge in [0.2, 0.25) is 5.28 Å². The summed E-state index contributed by atoms with van der Waals surface area (Å²) in [4.78, 5) is 33.8. The summed E-state index contributed by atoms with van der Waals surface area (Å²) in [6, 6.07) is 2.48. The molecule has 0 radical (unpaired) electrons. The van der Waals surface area contributed by atoms with Crippen LogP contribution in [0.2, 0.25) is 5.28 Å². The fraction of sp³-hybridized carbons (Fsp3) is 0.368. The molecule has 0 fully saturated rings. The number of fused-ring (bicyclic) bond motifs is 1. The maximum absolute atomic E-state index is 14.3. The molecule has 11 heteroatoms. The molecule has 0 unspecified atom stereocenters. The van der Waals surface area contributed by atoms with Crippen molar-refractivity contribution in [2.45, 2.75) is 50.7 Å². The maximum atomic E-state index is 14.3. The van der Waals surface area contributed by atoms with E-state index >= 15 is 0 Å². The molecular weight excluding hydrogens is 437 g/mol. The molecule has 0 atom stereocenters. The van der Waals surface area contributed by atoms with Crippen molar-refractivity contribution < 1.29 is 27.1 Å². The van der Waals surface area contributed by atoms with Crippen molar-refractivity contribution in [3.05, 3.63) is 40.6 Å². The number of imide groups is 1. The Kier molecular flexibility index (Phi) is 5.36. The van der Waals surface area contributed by atoms with E-state index in [-0.39, 0.29) is 32.6 Å². The van der Waals surface area contributed by atoms with Crippen LogP contribution < -0.4 is 0 Å². The van der Waals surface area contributed by atoms with Gasteiger partial charge in [0.05, 0.1) is 16.6 Å². The number of rotatable bonds is 2. The van der Waals surface area contributed by atoms with Crippen LogP contribution in [-0.4, -0.2) is 40.9 Å². The summed E-state index contributed by atoms with van der Waals surface area (Å²) < 4.78 is 43.7. The lowest BCUT2D eigenvalue weighted by atomic mass is 9.92. The average Bonchev–Trinajstić information content (AvgIpc) is 2.80. The molecule has 0 aliphatic carbocycles. The number of carbonyl (C=O) groups is 2. The highest BCUT2D eigenvalue weighted by atomic mass is 35.5. The molecule has 3 rings (SSSR count). The lowest BCUT2D eigenvalue weighted by Crippen LogP contribution is -2.46. The second kappa shape index (κ2) is 7.28. The van der Waals surface area contributed by atoms with Gasteiger partial charge in [-0.05, 0) is 58.4 Å². The van der Waals surface area contributed by atoms with Gasteiger partial charge in [-0.15, -0.1) is 0 Å². The Labute approximate surface area is 179 Å². The van der Waals surface area contributed by atoms with Crippen LogP contribution >= 0.6 is 11.6 Å². The number of hydrogen-bond donors (Lipinski definition) is 1. The number of amides is 2. The van der Waals surface area contributed by atoms with E-state index < -0.39 is 39.7 Å². The summed E-state index contributed by atoms with van der Waals surface area (Å²) in [6.07, 6.45) is -0.0772. The SMILES string of the molecule is CC(C)(C)OC(=O)N1C(=O)c2cc(-c3nc(Cl)ncc3F)cc([SH](=O)=O)c2C1(C)C. The van der Waals surface area contributed by atoms with Crippen LogP contribution in [0.3, 0.4) is 0 Å². The Hall–Kier alpha value is -2.59. The van der Waals surface area contributed by atoms with Gasteiger partial charge >= 0.3 is 6.09 Å². The highest BCUT2D eigenvalue weighted by molar-refractivity contribution is 7.72. The molecule has 1 aromatic carbocycles. The highest BCUT2D eigenvalue weighted by Crippen LogP contribution is 2.44. The smallest absolute Gasteiger partial charge is 0.418 e. The molecule has 0 N–H and O–H groups in total. The van der Waals surface area contributed by atoms with Crippen LogP contribution in [0.25, 0.3) is 11.3 Å². The van der Waals surface area contributed by atoms with Gasteiger partial charge in [-0.2, -0.15) is 0 Å². The van der Waals surface area contributed by atoms with Crippen molar-refractivity contribution in [1.29, 1.82) is 0 Å². The lowest BCUT2D eigenvalue weighted by Gasteiger charge is -2.32. The topological polar surface area (TPSA) is 107 Å². The molecule has 0 saturated heterocycles. The van der Waals surface area contributed by atoms with Gasteiger partial charge in [0.15, 0.2) is 16.5 Å². The van der Waals surface area contributed by atoms with Gasteiger partial charge in [-0.1, -0.05) is 0 Å². The van der Waals surface area contributed by atoms with Crippen molar-refractivity contribution in [3.8, 4) is 11.3 Å². The minimum absolute atomic E-state index is 0.0138. The zero-order valence-electron chi connectivity index (χ0n) is 16.8. The van der Waals surface area contributed by atoms with Crippen molar-refractivity contribution >= 4 is 34.3 Å². The molecule has 1 aliphatic heterocycles. The summed E-state index contributed by atoms with van der Waals surface area (Å²) in [6.45, 7) is 8.00. The van der Waals surface area contributed by atoms with Gasteiger partial charge in [-0.3, -0.25) is 4.79 Å². The number of carbonyl (C=O) groups excluding carboxylic acids is 2. The van der Waals surface area contributed by atoms with E-state index in [0.717, 1.165) is 11.1 Å². The second-order valence-electron chi connectivity index (χ2n) is 8.19. The van der Waals surface area contributed by atoms with E-state index in [1.807, 2.05) is 0 Å². The molecular formula is C19H19ClFN3O5S. The molecule has 1 aliphatic rings. The van der Waals surface area contributed by atoms with Crippen LogP contribution in [0.1, 0.15) is 50.5 Å². The van der Waals surface area contributed by atoms with Gasteiger partial charge in [0, 0.05) is 16.7 Å². The monoisotopic (exact) mass is 455 g/mol. The lowest BCUT2D eigenvalue weighted by molar-refractivity contribution is 0.00911. The minimum atomic E-state index is -3.19. The molecule has 0 spiro atoms. The van der Waals surface area contributed by atoms with E-state index in [0.29, 0.717) is 0 Å². The number of benzene rings is 1. The Morgan fingerprint density at radius 3 is 2.47 bits per heavy atom. The fourth-order valence-corrected chi connectivity index (χ4v) is 4.33. The first-order chi connectivity index (χ1) is 13.7. The summed E-state index contributed by atoms with van der Waals surface area (Å²) >= 11 is 5.74. The van der Waals surface area contributed by atoms with E-state index in [2.05, 4.69) is 9.97 Å². The first kappa shape index (κ1) is 22.1. The number of aromatic nitrogens is 2. The molecule has 0 bridgehead atoms. The highest BCUT2D eigenvalue weighted by Gasteiger charge is 2.50. The van der Waals surface area contributed by atoms with Crippen LogP contribution in [0.15, 0.2) is 23.2 Å². The summed E-state index contributed by atoms with van der Waals surface area (Å²) in [5, 5.41) is -0.248. The van der Waals surface area contributed by atoms with Crippen molar-refractivity contribution in [1.82, 2.24) is 14.9 Å². The Morgan fingerprint density at radius 2 is 1.90 bits per heavy atom. The molecule has 0 saturated carbocycles. The minimum Gasteiger partial charge on any atom is -0.443 e. The molecule has 2 amide bonds. The Bertz CT molecular complexity index is 1150. The quantitative estimate of drug-likeness (QED) is 0.545. The van der Waals surface area contributed by atoms with Crippen LogP contribution in [-0.2, 0) is 21.0 Å². The third-order valence-electron chi connectivity index (χ3n) is 4.48. The molecule has 8 nitrogen and oxygen atoms in total. The van der Waals surface area contributed by atoms with Crippen molar-refractivity contribution in [2.75, 3.05) is 0 Å². The standard InChI is InChI=1S/C19H19ClFN3O5S/c1-18(2,3)29-17(26)24-15(25)10-6-9(14-11(21)8-22-16(20)23-14)7-12(30(27)28)13(10)19(24,4)5/h6-8,30H,1-5H3. The Balaban J connectivity index is 2.25. The summed E-state index contributed by atoms with van der Waals surface area (Å²) in [7, 11) is -3.19. The molecule has 2 aromatic rings. The number of halogens is 2. The molecule has 1 aromatic heterocycles. The summed E-state index contributed by atoms with van der Waals surface area (Å²) in [5.74, 6) is -1.61. The predicted molar refractivity (Wildman–Crippen MR) is 106 cm³/mol. The fourth-order valence-electron chi connectivity index (χ4n) is 3.37. The average molecular weight is 456 g/mol. The number of hydrogen-bond acceptors (Lipinski definition) is 7. The number of nitrogens with zero attached hydrogens (tertiary/aromatic N) is 3.